The molecule has 1 fully saturated rings. The van der Waals surface area contributed by atoms with Crippen molar-refractivity contribution in [3.63, 3.8) is 0 Å². The standard InChI is InChI=1S/C22H22N2O/c1-16-19(15-21(25)24-13-7-8-14-24)22(17-9-3-2-4-10-17)18-11-5-6-12-20(18)23-16/h2-6,9-12H,7-8,13-15H2,1H3. The Morgan fingerprint density at radius 1 is 1.00 bits per heavy atom. The molecule has 3 nitrogen and oxygen atoms in total. The van der Waals surface area contributed by atoms with Gasteiger partial charge in [-0.15, -0.1) is 0 Å². The second kappa shape index (κ2) is 6.67. The van der Waals surface area contributed by atoms with E-state index in [9.17, 15) is 4.79 Å². The number of likely N-dealkylation sites (tertiary alicyclic amines) is 1. The van der Waals surface area contributed by atoms with Crippen molar-refractivity contribution < 1.29 is 4.79 Å². The molecule has 1 saturated heterocycles. The molecule has 0 bridgehead atoms. The summed E-state index contributed by atoms with van der Waals surface area (Å²) in [4.78, 5) is 19.5. The van der Waals surface area contributed by atoms with Crippen LogP contribution in [-0.2, 0) is 11.2 Å². The number of pyridine rings is 1. The highest BCUT2D eigenvalue weighted by Gasteiger charge is 2.22. The number of aromatic nitrogens is 1. The SMILES string of the molecule is Cc1nc2ccccc2c(-c2ccccc2)c1CC(=O)N1CCCC1. The first kappa shape index (κ1) is 15.8. The number of carbonyl (C=O) groups is 1. The summed E-state index contributed by atoms with van der Waals surface area (Å²) in [6.45, 7) is 3.80. The fourth-order valence-corrected chi connectivity index (χ4v) is 3.75. The Hall–Kier alpha value is -2.68. The highest BCUT2D eigenvalue weighted by Crippen LogP contribution is 2.33. The second-order valence-corrected chi connectivity index (χ2v) is 6.70. The lowest BCUT2D eigenvalue weighted by atomic mass is 9.92. The van der Waals surface area contributed by atoms with Crippen LogP contribution in [0.3, 0.4) is 0 Å². The number of aryl methyl sites for hydroxylation is 1. The van der Waals surface area contributed by atoms with Crippen LogP contribution in [0, 0.1) is 6.92 Å². The van der Waals surface area contributed by atoms with Crippen molar-refractivity contribution in [1.29, 1.82) is 0 Å². The fourth-order valence-electron chi connectivity index (χ4n) is 3.75. The van der Waals surface area contributed by atoms with E-state index in [4.69, 9.17) is 4.98 Å². The van der Waals surface area contributed by atoms with Crippen LogP contribution in [-0.4, -0.2) is 28.9 Å². The maximum atomic E-state index is 12.8. The third-order valence-electron chi connectivity index (χ3n) is 5.05. The molecule has 1 aliphatic rings. The van der Waals surface area contributed by atoms with Crippen molar-refractivity contribution in [2.45, 2.75) is 26.2 Å². The monoisotopic (exact) mass is 330 g/mol. The van der Waals surface area contributed by atoms with Gasteiger partial charge >= 0.3 is 0 Å². The van der Waals surface area contributed by atoms with Gasteiger partial charge in [0.25, 0.3) is 0 Å². The van der Waals surface area contributed by atoms with Gasteiger partial charge in [-0.25, -0.2) is 0 Å². The van der Waals surface area contributed by atoms with Crippen LogP contribution in [0.25, 0.3) is 22.0 Å². The molecule has 126 valence electrons. The van der Waals surface area contributed by atoms with Crippen LogP contribution in [0.4, 0.5) is 0 Å². The van der Waals surface area contributed by atoms with Gasteiger partial charge in [-0.05, 0) is 42.5 Å². The van der Waals surface area contributed by atoms with Crippen molar-refractivity contribution in [1.82, 2.24) is 9.88 Å². The molecule has 1 aromatic heterocycles. The predicted molar refractivity (Wildman–Crippen MR) is 101 cm³/mol. The van der Waals surface area contributed by atoms with Crippen molar-refractivity contribution in [2.75, 3.05) is 13.1 Å². The number of amides is 1. The molecule has 25 heavy (non-hydrogen) atoms. The maximum Gasteiger partial charge on any atom is 0.227 e. The minimum Gasteiger partial charge on any atom is -0.342 e. The van der Waals surface area contributed by atoms with E-state index in [2.05, 4.69) is 18.2 Å². The lowest BCUT2D eigenvalue weighted by Crippen LogP contribution is -2.29. The summed E-state index contributed by atoms with van der Waals surface area (Å²) in [5.41, 5.74) is 5.28. The summed E-state index contributed by atoms with van der Waals surface area (Å²) >= 11 is 0. The highest BCUT2D eigenvalue weighted by molar-refractivity contribution is 5.98. The van der Waals surface area contributed by atoms with E-state index in [0.29, 0.717) is 6.42 Å². The number of nitrogens with zero attached hydrogens (tertiary/aromatic N) is 2. The molecule has 0 radical (unpaired) electrons. The number of hydrogen-bond donors (Lipinski definition) is 0. The molecular formula is C22H22N2O. The van der Waals surface area contributed by atoms with Crippen LogP contribution in [0.15, 0.2) is 54.6 Å². The van der Waals surface area contributed by atoms with Crippen LogP contribution in [0.5, 0.6) is 0 Å². The zero-order valence-electron chi connectivity index (χ0n) is 14.5. The summed E-state index contributed by atoms with van der Waals surface area (Å²) in [7, 11) is 0. The van der Waals surface area contributed by atoms with Gasteiger partial charge in [0.1, 0.15) is 0 Å². The minimum atomic E-state index is 0.217. The molecule has 0 atom stereocenters. The fraction of sp³-hybridized carbons (Fsp3) is 0.273. The Labute approximate surface area is 148 Å². The van der Waals surface area contributed by atoms with Gasteiger partial charge in [0.15, 0.2) is 0 Å². The summed E-state index contributed by atoms with van der Waals surface area (Å²) in [5, 5.41) is 1.11. The molecule has 0 N–H and O–H groups in total. The predicted octanol–water partition coefficient (Wildman–Crippen LogP) is 4.38. The Balaban J connectivity index is 1.87. The summed E-state index contributed by atoms with van der Waals surface area (Å²) in [6.07, 6.45) is 2.66. The van der Waals surface area contributed by atoms with E-state index < -0.39 is 0 Å². The van der Waals surface area contributed by atoms with Crippen molar-refractivity contribution in [2.24, 2.45) is 0 Å². The van der Waals surface area contributed by atoms with E-state index in [1.165, 1.54) is 0 Å². The number of hydrogen-bond acceptors (Lipinski definition) is 2. The number of fused-ring (bicyclic) bond motifs is 1. The zero-order valence-corrected chi connectivity index (χ0v) is 14.5. The van der Waals surface area contributed by atoms with E-state index in [1.54, 1.807) is 0 Å². The summed E-state index contributed by atoms with van der Waals surface area (Å²) in [6, 6.07) is 18.5. The molecule has 1 aliphatic heterocycles. The highest BCUT2D eigenvalue weighted by atomic mass is 16.2. The van der Waals surface area contributed by atoms with Crippen molar-refractivity contribution in [3.8, 4) is 11.1 Å². The van der Waals surface area contributed by atoms with E-state index >= 15 is 0 Å². The Morgan fingerprint density at radius 2 is 1.68 bits per heavy atom. The molecule has 1 amide bonds. The van der Waals surface area contributed by atoms with Gasteiger partial charge in [-0.2, -0.15) is 0 Å². The first-order chi connectivity index (χ1) is 12.2. The van der Waals surface area contributed by atoms with Gasteiger partial charge in [-0.3, -0.25) is 9.78 Å². The molecule has 2 aromatic carbocycles. The van der Waals surface area contributed by atoms with Crippen LogP contribution in [0.1, 0.15) is 24.1 Å². The Morgan fingerprint density at radius 3 is 2.44 bits per heavy atom. The van der Waals surface area contributed by atoms with Crippen molar-refractivity contribution >= 4 is 16.8 Å². The number of para-hydroxylation sites is 1. The molecule has 0 aliphatic carbocycles. The van der Waals surface area contributed by atoms with E-state index in [-0.39, 0.29) is 5.91 Å². The van der Waals surface area contributed by atoms with Crippen molar-refractivity contribution in [3.05, 3.63) is 65.9 Å². The largest absolute Gasteiger partial charge is 0.342 e. The van der Waals surface area contributed by atoms with Crippen LogP contribution in [0.2, 0.25) is 0 Å². The molecule has 0 saturated carbocycles. The molecule has 4 rings (SSSR count). The maximum absolute atomic E-state index is 12.8. The summed E-state index contributed by atoms with van der Waals surface area (Å²) < 4.78 is 0. The van der Waals surface area contributed by atoms with E-state index in [1.807, 2.05) is 48.2 Å². The molecular weight excluding hydrogens is 308 g/mol. The molecule has 3 heteroatoms. The quantitative estimate of drug-likeness (QED) is 0.714. The van der Waals surface area contributed by atoms with E-state index in [0.717, 1.165) is 59.2 Å². The third kappa shape index (κ3) is 3.02. The smallest absolute Gasteiger partial charge is 0.227 e. The average Bonchev–Trinajstić information content (AvgIpc) is 3.18. The molecule has 0 spiro atoms. The second-order valence-electron chi connectivity index (χ2n) is 6.70. The van der Waals surface area contributed by atoms with Gasteiger partial charge in [0, 0.05) is 24.2 Å². The minimum absolute atomic E-state index is 0.217. The average molecular weight is 330 g/mol. The Kier molecular flexibility index (Phi) is 4.22. The zero-order chi connectivity index (χ0) is 17.2. The third-order valence-corrected chi connectivity index (χ3v) is 5.05. The van der Waals surface area contributed by atoms with Gasteiger partial charge in [-0.1, -0.05) is 48.5 Å². The molecule has 2 heterocycles. The first-order valence-corrected chi connectivity index (χ1v) is 8.95. The lowest BCUT2D eigenvalue weighted by Gasteiger charge is -2.19. The van der Waals surface area contributed by atoms with Gasteiger partial charge in [0.05, 0.1) is 11.9 Å². The summed E-state index contributed by atoms with van der Waals surface area (Å²) in [5.74, 6) is 0.217. The lowest BCUT2D eigenvalue weighted by molar-refractivity contribution is -0.129. The topological polar surface area (TPSA) is 33.2 Å². The normalized spacial score (nSPS) is 14.2. The number of carbonyl (C=O) groups excluding carboxylic acids is 1. The van der Waals surface area contributed by atoms with Gasteiger partial charge in [0.2, 0.25) is 5.91 Å². The first-order valence-electron chi connectivity index (χ1n) is 8.95. The number of rotatable bonds is 3. The van der Waals surface area contributed by atoms with Crippen LogP contribution < -0.4 is 0 Å². The van der Waals surface area contributed by atoms with Crippen LogP contribution >= 0.6 is 0 Å². The Bertz CT molecular complexity index is 912. The molecule has 0 unspecified atom stereocenters. The van der Waals surface area contributed by atoms with Gasteiger partial charge < -0.3 is 4.90 Å². The molecule has 3 aromatic rings. The number of benzene rings is 2.